The number of aliphatic hydroxyl groups excluding tert-OH is 2. The maximum atomic E-state index is 10.5. The summed E-state index contributed by atoms with van der Waals surface area (Å²) < 4.78 is 0. The van der Waals surface area contributed by atoms with Gasteiger partial charge in [-0.15, -0.1) is 0 Å². The van der Waals surface area contributed by atoms with Gasteiger partial charge in [-0.1, -0.05) is 0 Å². The van der Waals surface area contributed by atoms with Crippen LogP contribution in [0.2, 0.25) is 0 Å². The molecule has 0 saturated carbocycles. The molecule has 3 N–H and O–H groups in total. The van der Waals surface area contributed by atoms with Gasteiger partial charge in [-0.25, -0.2) is 4.79 Å². The van der Waals surface area contributed by atoms with E-state index in [-0.39, 0.29) is 16.9 Å². The van der Waals surface area contributed by atoms with Gasteiger partial charge in [0.25, 0.3) is 5.69 Å². The molecule has 2 unspecified atom stereocenters. The van der Waals surface area contributed by atoms with Crippen LogP contribution in [0.3, 0.4) is 0 Å². The highest BCUT2D eigenvalue weighted by atomic mass is 16.6. The number of rotatable bonds is 4. The van der Waals surface area contributed by atoms with Crippen LogP contribution >= 0.6 is 0 Å². The Hall–Kier alpha value is -2.06. The van der Waals surface area contributed by atoms with E-state index < -0.39 is 23.1 Å². The fourth-order valence-corrected chi connectivity index (χ4v) is 1.26. The highest BCUT2D eigenvalue weighted by molar-refractivity contribution is 5.73. The Morgan fingerprint density at radius 1 is 1.53 bits per heavy atom. The second kappa shape index (κ2) is 4.85. The lowest BCUT2D eigenvalue weighted by Gasteiger charge is -2.14. The Bertz CT molecular complexity index is 461. The van der Waals surface area contributed by atoms with Crippen molar-refractivity contribution in [1.82, 2.24) is 4.98 Å². The zero-order valence-electron chi connectivity index (χ0n) is 8.77. The van der Waals surface area contributed by atoms with Gasteiger partial charge >= 0.3 is 5.97 Å². The van der Waals surface area contributed by atoms with E-state index in [0.29, 0.717) is 0 Å². The molecule has 1 rings (SSSR count). The second-order valence-electron chi connectivity index (χ2n) is 3.38. The van der Waals surface area contributed by atoms with Gasteiger partial charge in [0.05, 0.1) is 10.6 Å². The predicted molar refractivity (Wildman–Crippen MR) is 54.2 cm³/mol. The van der Waals surface area contributed by atoms with Crippen LogP contribution in [0.1, 0.15) is 17.4 Å². The van der Waals surface area contributed by atoms with Crippen LogP contribution in [0.25, 0.3) is 0 Å². The first-order chi connectivity index (χ1) is 7.84. The molecule has 0 aliphatic rings. The number of carboxylic acids is 1. The van der Waals surface area contributed by atoms with Crippen LogP contribution < -0.4 is 0 Å². The van der Waals surface area contributed by atoms with Crippen LogP contribution in [0.15, 0.2) is 12.3 Å². The van der Waals surface area contributed by atoms with Crippen molar-refractivity contribution in [3.63, 3.8) is 0 Å². The number of carbonyl (C=O) groups is 1. The molecule has 8 heteroatoms. The third kappa shape index (κ3) is 2.74. The smallest absolute Gasteiger partial charge is 0.335 e. The summed E-state index contributed by atoms with van der Waals surface area (Å²) in [5.41, 5.74) is -0.152. The van der Waals surface area contributed by atoms with Crippen molar-refractivity contribution < 1.29 is 25.0 Å². The van der Waals surface area contributed by atoms with E-state index in [4.69, 9.17) is 10.2 Å². The number of carboxylic acid groups (broad SMARTS) is 1. The largest absolute Gasteiger partial charge is 0.479 e. The third-order valence-electron chi connectivity index (χ3n) is 2.15. The third-order valence-corrected chi connectivity index (χ3v) is 2.15. The molecule has 0 radical (unpaired) electrons. The number of nitro groups is 1. The molecule has 0 aliphatic heterocycles. The Morgan fingerprint density at radius 3 is 2.53 bits per heavy atom. The molecule has 8 nitrogen and oxygen atoms in total. The summed E-state index contributed by atoms with van der Waals surface area (Å²) in [6.07, 6.45) is -2.86. The summed E-state index contributed by atoms with van der Waals surface area (Å²) in [6, 6.07) is 1.14. The molecule has 0 spiro atoms. The quantitative estimate of drug-likeness (QED) is 0.490. The van der Waals surface area contributed by atoms with E-state index in [1.165, 1.54) is 6.92 Å². The van der Waals surface area contributed by atoms with Gasteiger partial charge in [-0.3, -0.25) is 15.1 Å². The average Bonchev–Trinajstić information content (AvgIpc) is 2.26. The number of aryl methyl sites for hydroxylation is 1. The van der Waals surface area contributed by atoms with Gasteiger partial charge < -0.3 is 15.3 Å². The lowest BCUT2D eigenvalue weighted by Crippen LogP contribution is -2.28. The van der Waals surface area contributed by atoms with Gasteiger partial charge in [-0.05, 0) is 12.5 Å². The molecule has 1 aromatic rings. The minimum absolute atomic E-state index is 0.106. The van der Waals surface area contributed by atoms with Crippen molar-refractivity contribution in [2.24, 2.45) is 0 Å². The van der Waals surface area contributed by atoms with E-state index >= 15 is 0 Å². The van der Waals surface area contributed by atoms with Gasteiger partial charge in [0.15, 0.2) is 6.10 Å². The number of pyridine rings is 1. The van der Waals surface area contributed by atoms with Gasteiger partial charge in [0.1, 0.15) is 12.3 Å². The standard InChI is InChI=1S/C9H10N2O6/c1-4-2-5(11(16)17)3-10-6(4)7(12)8(13)9(14)15/h2-3,7-8,12-13H,1H3,(H,14,15). The van der Waals surface area contributed by atoms with Gasteiger partial charge in [0, 0.05) is 6.07 Å². The number of nitrogens with zero attached hydrogens (tertiary/aromatic N) is 2. The van der Waals surface area contributed by atoms with Crippen LogP contribution in [-0.4, -0.2) is 37.3 Å². The summed E-state index contributed by atoms with van der Waals surface area (Å²) >= 11 is 0. The maximum Gasteiger partial charge on any atom is 0.335 e. The van der Waals surface area contributed by atoms with Crippen molar-refractivity contribution >= 4 is 11.7 Å². The first-order valence-electron chi connectivity index (χ1n) is 4.54. The van der Waals surface area contributed by atoms with Crippen molar-refractivity contribution in [2.75, 3.05) is 0 Å². The van der Waals surface area contributed by atoms with Gasteiger partial charge in [0.2, 0.25) is 0 Å². The van der Waals surface area contributed by atoms with Crippen molar-refractivity contribution in [1.29, 1.82) is 0 Å². The summed E-state index contributed by atoms with van der Waals surface area (Å²) in [7, 11) is 0. The molecular weight excluding hydrogens is 232 g/mol. The summed E-state index contributed by atoms with van der Waals surface area (Å²) in [6.45, 7) is 1.42. The molecule has 0 amide bonds. The minimum Gasteiger partial charge on any atom is -0.479 e. The molecular formula is C9H10N2O6. The van der Waals surface area contributed by atoms with Crippen LogP contribution in [0, 0.1) is 17.0 Å². The highest BCUT2D eigenvalue weighted by Gasteiger charge is 2.28. The second-order valence-corrected chi connectivity index (χ2v) is 3.38. The van der Waals surface area contributed by atoms with Crippen LogP contribution in [-0.2, 0) is 4.79 Å². The monoisotopic (exact) mass is 242 g/mol. The Morgan fingerprint density at radius 2 is 2.12 bits per heavy atom. The van der Waals surface area contributed by atoms with E-state index in [9.17, 15) is 20.0 Å². The zero-order chi connectivity index (χ0) is 13.2. The Labute approximate surface area is 95.3 Å². The van der Waals surface area contributed by atoms with Gasteiger partial charge in [-0.2, -0.15) is 0 Å². The molecule has 0 saturated heterocycles. The average molecular weight is 242 g/mol. The van der Waals surface area contributed by atoms with Crippen LogP contribution in [0.5, 0.6) is 0 Å². The zero-order valence-corrected chi connectivity index (χ0v) is 8.77. The molecule has 0 bridgehead atoms. The van der Waals surface area contributed by atoms with E-state index in [1.807, 2.05) is 0 Å². The molecule has 0 aliphatic carbocycles. The first kappa shape index (κ1) is 13.0. The molecule has 0 fully saturated rings. The number of hydrogen-bond donors (Lipinski definition) is 3. The van der Waals surface area contributed by atoms with Crippen molar-refractivity contribution in [2.45, 2.75) is 19.1 Å². The SMILES string of the molecule is Cc1cc([N+](=O)[O-])cnc1C(O)C(O)C(=O)O. The maximum absolute atomic E-state index is 10.5. The molecule has 17 heavy (non-hydrogen) atoms. The minimum atomic E-state index is -2.03. The first-order valence-corrected chi connectivity index (χ1v) is 4.54. The van der Waals surface area contributed by atoms with E-state index in [2.05, 4.69) is 4.98 Å². The number of aromatic nitrogens is 1. The molecule has 1 heterocycles. The normalized spacial score (nSPS) is 14.1. The number of aliphatic carboxylic acids is 1. The summed E-state index contributed by atoms with van der Waals surface area (Å²) in [4.78, 5) is 23.8. The Balaban J connectivity index is 3.08. The summed E-state index contributed by atoms with van der Waals surface area (Å²) in [5, 5.41) is 37.6. The lowest BCUT2D eigenvalue weighted by molar-refractivity contribution is -0.385. The molecule has 1 aromatic heterocycles. The molecule has 2 atom stereocenters. The van der Waals surface area contributed by atoms with E-state index in [1.54, 1.807) is 0 Å². The van der Waals surface area contributed by atoms with E-state index in [0.717, 1.165) is 12.3 Å². The van der Waals surface area contributed by atoms with Crippen LogP contribution in [0.4, 0.5) is 5.69 Å². The fraction of sp³-hybridized carbons (Fsp3) is 0.333. The Kier molecular flexibility index (Phi) is 3.71. The number of aliphatic hydroxyl groups is 2. The summed E-state index contributed by atoms with van der Waals surface area (Å²) in [5.74, 6) is -1.60. The molecule has 0 aromatic carbocycles. The fourth-order valence-electron chi connectivity index (χ4n) is 1.26. The molecule has 92 valence electrons. The lowest BCUT2D eigenvalue weighted by atomic mass is 10.1. The van der Waals surface area contributed by atoms with Crippen molar-refractivity contribution in [3.8, 4) is 0 Å². The number of hydrogen-bond acceptors (Lipinski definition) is 6. The highest BCUT2D eigenvalue weighted by Crippen LogP contribution is 2.22. The topological polar surface area (TPSA) is 134 Å². The van der Waals surface area contributed by atoms with Crippen molar-refractivity contribution in [3.05, 3.63) is 33.6 Å². The predicted octanol–water partition coefficient (Wildman–Crippen LogP) is -0.223.